The van der Waals surface area contributed by atoms with Crippen molar-refractivity contribution in [1.82, 2.24) is 5.32 Å². The van der Waals surface area contributed by atoms with Gasteiger partial charge < -0.3 is 15.2 Å². The van der Waals surface area contributed by atoms with E-state index in [1.807, 2.05) is 30.3 Å². The summed E-state index contributed by atoms with van der Waals surface area (Å²) in [7, 11) is 0. The van der Waals surface area contributed by atoms with E-state index in [1.165, 1.54) is 6.42 Å². The normalized spacial score (nSPS) is 32.5. The van der Waals surface area contributed by atoms with Gasteiger partial charge in [-0.15, -0.1) is 0 Å². The van der Waals surface area contributed by atoms with Crippen LogP contribution in [0.25, 0.3) is 0 Å². The van der Waals surface area contributed by atoms with E-state index in [2.05, 4.69) is 5.32 Å². The number of hydrogen-bond donors (Lipinski definition) is 2. The van der Waals surface area contributed by atoms with Crippen LogP contribution in [0.2, 0.25) is 0 Å². The molecule has 0 radical (unpaired) electrons. The molecule has 3 aliphatic rings. The van der Waals surface area contributed by atoms with Gasteiger partial charge >= 0.3 is 5.97 Å². The molecule has 4 nitrogen and oxygen atoms in total. The van der Waals surface area contributed by atoms with Crippen molar-refractivity contribution in [1.29, 1.82) is 0 Å². The monoisotopic (exact) mass is 329 g/mol. The van der Waals surface area contributed by atoms with E-state index in [1.54, 1.807) is 0 Å². The zero-order valence-corrected chi connectivity index (χ0v) is 14.1. The molecule has 2 bridgehead atoms. The van der Waals surface area contributed by atoms with Gasteiger partial charge in [0.15, 0.2) is 5.60 Å². The van der Waals surface area contributed by atoms with E-state index in [4.69, 9.17) is 4.74 Å². The number of hydrogen-bond acceptors (Lipinski definition) is 4. The molecule has 2 N–H and O–H groups in total. The topological polar surface area (TPSA) is 58.6 Å². The Labute approximate surface area is 143 Å². The van der Waals surface area contributed by atoms with Crippen LogP contribution < -0.4 is 5.32 Å². The average Bonchev–Trinajstić information content (AvgIpc) is 3.21. The second kappa shape index (κ2) is 6.49. The molecule has 1 saturated heterocycles. The molecule has 0 aromatic heterocycles. The highest BCUT2D eigenvalue weighted by Crippen LogP contribution is 2.42. The van der Waals surface area contributed by atoms with E-state index < -0.39 is 11.6 Å². The van der Waals surface area contributed by atoms with Gasteiger partial charge in [0.05, 0.1) is 0 Å². The summed E-state index contributed by atoms with van der Waals surface area (Å²) < 4.78 is 5.92. The van der Waals surface area contributed by atoms with E-state index in [0.29, 0.717) is 11.5 Å². The lowest BCUT2D eigenvalue weighted by molar-refractivity contribution is -0.182. The number of aliphatic hydroxyl groups is 1. The second-order valence-electron chi connectivity index (χ2n) is 7.69. The van der Waals surface area contributed by atoms with Crippen LogP contribution in [0.15, 0.2) is 30.3 Å². The van der Waals surface area contributed by atoms with Crippen molar-refractivity contribution in [2.45, 2.75) is 62.7 Å². The number of fused-ring (bicyclic) bond motifs is 2. The summed E-state index contributed by atoms with van der Waals surface area (Å²) in [4.78, 5) is 13.1. The molecule has 130 valence electrons. The lowest BCUT2D eigenvalue weighted by Gasteiger charge is -2.37. The average molecular weight is 329 g/mol. The van der Waals surface area contributed by atoms with Crippen LogP contribution in [0.4, 0.5) is 0 Å². The number of ether oxygens (including phenoxy) is 1. The lowest BCUT2D eigenvalue weighted by atomic mass is 9.73. The van der Waals surface area contributed by atoms with Crippen LogP contribution in [-0.4, -0.2) is 29.8 Å². The van der Waals surface area contributed by atoms with Crippen molar-refractivity contribution >= 4 is 5.97 Å². The third-order valence-corrected chi connectivity index (χ3v) is 6.32. The number of carbonyl (C=O) groups is 1. The van der Waals surface area contributed by atoms with E-state index in [-0.39, 0.29) is 18.1 Å². The number of benzene rings is 1. The van der Waals surface area contributed by atoms with Gasteiger partial charge in [0, 0.05) is 24.4 Å². The number of esters is 1. The van der Waals surface area contributed by atoms with Crippen molar-refractivity contribution < 1.29 is 14.6 Å². The van der Waals surface area contributed by atoms with Crippen LogP contribution >= 0.6 is 0 Å². The highest BCUT2D eigenvalue weighted by Gasteiger charge is 2.51. The van der Waals surface area contributed by atoms with Gasteiger partial charge in [0.1, 0.15) is 6.10 Å². The van der Waals surface area contributed by atoms with Crippen LogP contribution in [0.5, 0.6) is 0 Å². The smallest absolute Gasteiger partial charge is 0.343 e. The molecule has 1 aromatic carbocycles. The summed E-state index contributed by atoms with van der Waals surface area (Å²) in [6.45, 7) is 0.926. The molecule has 4 heteroatoms. The first kappa shape index (κ1) is 16.1. The van der Waals surface area contributed by atoms with Crippen molar-refractivity contribution in [3.05, 3.63) is 35.9 Å². The highest BCUT2D eigenvalue weighted by atomic mass is 16.6. The SMILES string of the molecule is O=C(OC1C2CCC1NC2)C(O)(c1ccccc1)C1CCCCC1. The van der Waals surface area contributed by atoms with Crippen LogP contribution in [-0.2, 0) is 15.1 Å². The number of rotatable bonds is 4. The maximum atomic E-state index is 13.1. The molecule has 24 heavy (non-hydrogen) atoms. The van der Waals surface area contributed by atoms with Gasteiger partial charge in [-0.1, -0.05) is 49.6 Å². The zero-order chi connectivity index (χ0) is 16.6. The fraction of sp³-hybridized carbons (Fsp3) is 0.650. The summed E-state index contributed by atoms with van der Waals surface area (Å²) in [5, 5.41) is 15.0. The van der Waals surface area contributed by atoms with Gasteiger partial charge in [0.2, 0.25) is 0 Å². The maximum Gasteiger partial charge on any atom is 0.343 e. The first-order valence-electron chi connectivity index (χ1n) is 9.42. The van der Waals surface area contributed by atoms with E-state index in [0.717, 1.165) is 45.1 Å². The number of carbonyl (C=O) groups excluding carboxylic acids is 1. The Morgan fingerprint density at radius 3 is 2.42 bits per heavy atom. The van der Waals surface area contributed by atoms with Gasteiger partial charge in [-0.2, -0.15) is 0 Å². The molecule has 1 heterocycles. The quantitative estimate of drug-likeness (QED) is 0.834. The van der Waals surface area contributed by atoms with Crippen LogP contribution in [0.3, 0.4) is 0 Å². The molecule has 1 aliphatic heterocycles. The van der Waals surface area contributed by atoms with E-state index in [9.17, 15) is 9.90 Å². The number of nitrogens with one attached hydrogen (secondary N) is 1. The predicted molar refractivity (Wildman–Crippen MR) is 91.3 cm³/mol. The zero-order valence-electron chi connectivity index (χ0n) is 14.1. The van der Waals surface area contributed by atoms with Crippen molar-refractivity contribution in [3.8, 4) is 0 Å². The van der Waals surface area contributed by atoms with Gasteiger partial charge in [0.25, 0.3) is 0 Å². The Morgan fingerprint density at radius 2 is 1.83 bits per heavy atom. The standard InChI is InChI=1S/C20H27NO3/c22-19(24-18-14-11-12-17(18)21-13-14)20(23,15-7-3-1-4-8-15)16-9-5-2-6-10-16/h1,3-4,7-8,14,16-18,21,23H,2,5-6,9-13H2. The molecule has 2 saturated carbocycles. The predicted octanol–water partition coefficient (Wildman–Crippen LogP) is 2.75. The summed E-state index contributed by atoms with van der Waals surface area (Å²) in [6.07, 6.45) is 7.21. The van der Waals surface area contributed by atoms with Crippen molar-refractivity contribution in [2.24, 2.45) is 11.8 Å². The number of piperidine rings is 1. The Bertz CT molecular complexity index is 564. The van der Waals surface area contributed by atoms with Crippen LogP contribution in [0.1, 0.15) is 50.5 Å². The van der Waals surface area contributed by atoms with E-state index >= 15 is 0 Å². The first-order valence-corrected chi connectivity index (χ1v) is 9.42. The summed E-state index contributed by atoms with van der Waals surface area (Å²) in [5.41, 5.74) is -0.829. The fourth-order valence-electron chi connectivity index (χ4n) is 4.91. The first-order chi connectivity index (χ1) is 11.7. The molecule has 4 rings (SSSR count). The van der Waals surface area contributed by atoms with Gasteiger partial charge in [-0.05, 0) is 31.2 Å². The molecule has 3 fully saturated rings. The van der Waals surface area contributed by atoms with Crippen LogP contribution in [0, 0.1) is 11.8 Å². The van der Waals surface area contributed by atoms with Gasteiger partial charge in [-0.3, -0.25) is 0 Å². The Balaban J connectivity index is 1.61. The molecule has 2 aliphatic carbocycles. The third-order valence-electron chi connectivity index (χ3n) is 6.32. The van der Waals surface area contributed by atoms with Crippen molar-refractivity contribution in [3.63, 3.8) is 0 Å². The minimum absolute atomic E-state index is 0.0480. The fourth-order valence-corrected chi connectivity index (χ4v) is 4.91. The molecule has 0 amide bonds. The Hall–Kier alpha value is -1.39. The summed E-state index contributed by atoms with van der Waals surface area (Å²) >= 11 is 0. The largest absolute Gasteiger partial charge is 0.458 e. The van der Waals surface area contributed by atoms with Gasteiger partial charge in [-0.25, -0.2) is 4.79 Å². The molecule has 4 unspecified atom stereocenters. The highest BCUT2D eigenvalue weighted by molar-refractivity contribution is 5.82. The summed E-state index contributed by atoms with van der Waals surface area (Å²) in [6, 6.07) is 9.67. The molecular weight excluding hydrogens is 302 g/mol. The summed E-state index contributed by atoms with van der Waals surface area (Å²) in [5.74, 6) is -0.0790. The third kappa shape index (κ3) is 2.66. The minimum atomic E-state index is -1.51. The minimum Gasteiger partial charge on any atom is -0.458 e. The second-order valence-corrected chi connectivity index (χ2v) is 7.69. The molecule has 1 aromatic rings. The molecular formula is C20H27NO3. The molecule has 0 spiro atoms. The molecule has 4 atom stereocenters. The Kier molecular flexibility index (Phi) is 4.35. The van der Waals surface area contributed by atoms with Crippen molar-refractivity contribution in [2.75, 3.05) is 6.54 Å². The maximum absolute atomic E-state index is 13.1. The Morgan fingerprint density at radius 1 is 1.08 bits per heavy atom. The lowest BCUT2D eigenvalue weighted by Crippen LogP contribution is -2.47.